The molecule has 150 valence electrons. The average Bonchev–Trinajstić information content (AvgIpc) is 3.16. The molecule has 5 heteroatoms. The molecule has 2 heterocycles. The fourth-order valence-electron chi connectivity index (χ4n) is 4.25. The topological polar surface area (TPSA) is 56.4 Å². The molecule has 1 aromatic heterocycles. The van der Waals surface area contributed by atoms with Gasteiger partial charge in [0.15, 0.2) is 0 Å². The summed E-state index contributed by atoms with van der Waals surface area (Å²) in [5.74, 6) is 0.211. The maximum absolute atomic E-state index is 13.2. The van der Waals surface area contributed by atoms with Crippen LogP contribution in [0.15, 0.2) is 54.7 Å². The molecule has 1 aliphatic rings. The third-order valence-electron chi connectivity index (χ3n) is 5.90. The van der Waals surface area contributed by atoms with Crippen LogP contribution in [0, 0.1) is 6.92 Å². The highest BCUT2D eigenvalue weighted by molar-refractivity contribution is 5.86. The Labute approximate surface area is 171 Å². The Hall–Kier alpha value is -3.08. The van der Waals surface area contributed by atoms with Crippen LogP contribution in [0.5, 0.6) is 0 Å². The molecule has 0 spiro atoms. The highest BCUT2D eigenvalue weighted by Crippen LogP contribution is 2.34. The molecule has 4 rings (SSSR count). The number of hydrogen-bond donors (Lipinski definition) is 1. The fraction of sp³-hybridized carbons (Fsp3) is 0.333. The van der Waals surface area contributed by atoms with Crippen LogP contribution >= 0.6 is 0 Å². The molecular weight excluding hydrogens is 362 g/mol. The van der Waals surface area contributed by atoms with Crippen LogP contribution < -0.4 is 0 Å². The quantitative estimate of drug-likeness (QED) is 0.740. The summed E-state index contributed by atoms with van der Waals surface area (Å²) in [6.07, 6.45) is 2.46. The monoisotopic (exact) mass is 389 g/mol. The van der Waals surface area contributed by atoms with Gasteiger partial charge in [-0.1, -0.05) is 48.0 Å². The molecule has 2 aromatic carbocycles. The largest absolute Gasteiger partial charge is 0.361 e. The van der Waals surface area contributed by atoms with Crippen LogP contribution in [0.4, 0.5) is 0 Å². The van der Waals surface area contributed by atoms with Gasteiger partial charge in [0.2, 0.25) is 11.8 Å². The molecule has 29 heavy (non-hydrogen) atoms. The van der Waals surface area contributed by atoms with E-state index in [2.05, 4.69) is 48.3 Å². The number of H-pyrrole nitrogens is 1. The van der Waals surface area contributed by atoms with E-state index in [1.165, 1.54) is 5.56 Å². The zero-order valence-electron chi connectivity index (χ0n) is 17.0. The van der Waals surface area contributed by atoms with Gasteiger partial charge < -0.3 is 14.8 Å². The maximum Gasteiger partial charge on any atom is 0.223 e. The van der Waals surface area contributed by atoms with Crippen LogP contribution in [0.25, 0.3) is 10.9 Å². The van der Waals surface area contributed by atoms with Gasteiger partial charge in [-0.25, -0.2) is 0 Å². The van der Waals surface area contributed by atoms with E-state index in [1.54, 1.807) is 6.92 Å². The van der Waals surface area contributed by atoms with E-state index in [4.69, 9.17) is 0 Å². The van der Waals surface area contributed by atoms with E-state index in [9.17, 15) is 9.59 Å². The predicted molar refractivity (Wildman–Crippen MR) is 115 cm³/mol. The first-order chi connectivity index (χ1) is 14.0. The number of nitrogens with zero attached hydrogens (tertiary/aromatic N) is 2. The molecule has 0 radical (unpaired) electrons. The molecule has 1 N–H and O–H groups in total. The lowest BCUT2D eigenvalue weighted by Crippen LogP contribution is -2.50. The summed E-state index contributed by atoms with van der Waals surface area (Å²) in [5.41, 5.74) is 4.59. The van der Waals surface area contributed by atoms with Crippen molar-refractivity contribution >= 4 is 22.7 Å². The standard InChI is InChI=1S/C24H27N3O2/c1-17-6-5-7-19(14-17)21(22-16-25-23-9-4-3-8-20(22)23)15-24(29)27-12-10-26(11-13-27)18(2)28/h3-9,14,16,21,25H,10-13,15H2,1-2H3. The zero-order chi connectivity index (χ0) is 20.4. The number of para-hydroxylation sites is 1. The second-order valence-electron chi connectivity index (χ2n) is 7.85. The van der Waals surface area contributed by atoms with E-state index in [1.807, 2.05) is 28.1 Å². The van der Waals surface area contributed by atoms with Crippen LogP contribution in [0.1, 0.15) is 36.0 Å². The first-order valence-corrected chi connectivity index (χ1v) is 10.2. The number of rotatable bonds is 4. The third-order valence-corrected chi connectivity index (χ3v) is 5.90. The van der Waals surface area contributed by atoms with Gasteiger partial charge in [-0.05, 0) is 24.1 Å². The average molecular weight is 389 g/mol. The molecule has 1 aliphatic heterocycles. The van der Waals surface area contributed by atoms with Crippen molar-refractivity contribution in [3.8, 4) is 0 Å². The normalized spacial score (nSPS) is 15.5. The van der Waals surface area contributed by atoms with Crippen molar-refractivity contribution < 1.29 is 9.59 Å². The molecule has 2 amide bonds. The third kappa shape index (κ3) is 4.04. The first-order valence-electron chi connectivity index (χ1n) is 10.2. The number of amides is 2. The van der Waals surface area contributed by atoms with Crippen molar-refractivity contribution in [3.05, 3.63) is 71.4 Å². The van der Waals surface area contributed by atoms with Gasteiger partial charge in [0.05, 0.1) is 0 Å². The van der Waals surface area contributed by atoms with Gasteiger partial charge in [-0.15, -0.1) is 0 Å². The Morgan fingerprint density at radius 1 is 1.00 bits per heavy atom. The Morgan fingerprint density at radius 2 is 1.72 bits per heavy atom. The summed E-state index contributed by atoms with van der Waals surface area (Å²) >= 11 is 0. The number of nitrogens with one attached hydrogen (secondary N) is 1. The lowest BCUT2D eigenvalue weighted by molar-refractivity contribution is -0.138. The number of hydrogen-bond acceptors (Lipinski definition) is 2. The van der Waals surface area contributed by atoms with Gasteiger partial charge in [-0.2, -0.15) is 0 Å². The van der Waals surface area contributed by atoms with Gasteiger partial charge in [0.1, 0.15) is 0 Å². The molecule has 1 fully saturated rings. The number of aromatic amines is 1. The van der Waals surface area contributed by atoms with Crippen LogP contribution in [-0.2, 0) is 9.59 Å². The Balaban J connectivity index is 1.61. The second kappa shape index (κ2) is 8.11. The summed E-state index contributed by atoms with van der Waals surface area (Å²) in [7, 11) is 0. The predicted octanol–water partition coefficient (Wildman–Crippen LogP) is 3.69. The van der Waals surface area contributed by atoms with Crippen LogP contribution in [0.3, 0.4) is 0 Å². The second-order valence-corrected chi connectivity index (χ2v) is 7.85. The summed E-state index contributed by atoms with van der Waals surface area (Å²) in [6, 6.07) is 16.7. The van der Waals surface area contributed by atoms with Crippen LogP contribution in [-0.4, -0.2) is 52.8 Å². The highest BCUT2D eigenvalue weighted by Gasteiger charge is 2.27. The maximum atomic E-state index is 13.2. The van der Waals surface area contributed by atoms with Crippen molar-refractivity contribution in [2.24, 2.45) is 0 Å². The highest BCUT2D eigenvalue weighted by atomic mass is 16.2. The summed E-state index contributed by atoms with van der Waals surface area (Å²) in [6.45, 7) is 6.10. The van der Waals surface area contributed by atoms with Gasteiger partial charge in [0.25, 0.3) is 0 Å². The van der Waals surface area contributed by atoms with Crippen LogP contribution in [0.2, 0.25) is 0 Å². The van der Waals surface area contributed by atoms with E-state index in [0.29, 0.717) is 32.6 Å². The Kier molecular flexibility index (Phi) is 5.38. The summed E-state index contributed by atoms with van der Waals surface area (Å²) < 4.78 is 0. The van der Waals surface area contributed by atoms with Gasteiger partial charge >= 0.3 is 0 Å². The van der Waals surface area contributed by atoms with Crippen molar-refractivity contribution in [1.29, 1.82) is 0 Å². The van der Waals surface area contributed by atoms with E-state index < -0.39 is 0 Å². The molecule has 0 bridgehead atoms. The fourth-order valence-corrected chi connectivity index (χ4v) is 4.25. The number of fused-ring (bicyclic) bond motifs is 1. The SMILES string of the molecule is CC(=O)N1CCN(C(=O)CC(c2cccc(C)c2)c2c[nH]c3ccccc23)CC1. The molecule has 1 atom stereocenters. The number of benzene rings is 2. The van der Waals surface area contributed by atoms with Gasteiger partial charge in [-0.3, -0.25) is 9.59 Å². The minimum Gasteiger partial charge on any atom is -0.361 e. The van der Waals surface area contributed by atoms with E-state index in [-0.39, 0.29) is 17.7 Å². The van der Waals surface area contributed by atoms with Crippen molar-refractivity contribution in [2.75, 3.05) is 26.2 Å². The molecule has 0 saturated carbocycles. The number of aromatic nitrogens is 1. The number of piperazine rings is 1. The van der Waals surface area contributed by atoms with Gasteiger partial charge in [0, 0.05) is 62.5 Å². The summed E-state index contributed by atoms with van der Waals surface area (Å²) in [4.78, 5) is 31.8. The molecule has 0 aliphatic carbocycles. The molecule has 5 nitrogen and oxygen atoms in total. The van der Waals surface area contributed by atoms with E-state index in [0.717, 1.165) is 22.0 Å². The number of carbonyl (C=O) groups excluding carboxylic acids is 2. The lowest BCUT2D eigenvalue weighted by atomic mass is 9.87. The number of aryl methyl sites for hydroxylation is 1. The first kappa shape index (κ1) is 19.2. The smallest absolute Gasteiger partial charge is 0.223 e. The molecular formula is C24H27N3O2. The minimum absolute atomic E-state index is 0.00983. The molecule has 1 saturated heterocycles. The number of carbonyl (C=O) groups is 2. The Bertz CT molecular complexity index is 1030. The molecule has 3 aromatic rings. The van der Waals surface area contributed by atoms with Crippen molar-refractivity contribution in [1.82, 2.24) is 14.8 Å². The Morgan fingerprint density at radius 3 is 2.45 bits per heavy atom. The van der Waals surface area contributed by atoms with Crippen molar-refractivity contribution in [2.45, 2.75) is 26.2 Å². The molecule has 1 unspecified atom stereocenters. The van der Waals surface area contributed by atoms with Crippen molar-refractivity contribution in [3.63, 3.8) is 0 Å². The minimum atomic E-state index is -0.00983. The zero-order valence-corrected chi connectivity index (χ0v) is 17.0. The van der Waals surface area contributed by atoms with E-state index >= 15 is 0 Å². The lowest BCUT2D eigenvalue weighted by Gasteiger charge is -2.35. The summed E-state index contributed by atoms with van der Waals surface area (Å²) in [5, 5.41) is 1.16.